The summed E-state index contributed by atoms with van der Waals surface area (Å²) in [6.07, 6.45) is 0. The molecule has 1 rings (SSSR count). The first-order chi connectivity index (χ1) is 6.13. The molecule has 0 radical (unpaired) electrons. The van der Waals surface area contributed by atoms with E-state index in [1.54, 1.807) is 6.07 Å². The molecule has 0 aliphatic carbocycles. The van der Waals surface area contributed by atoms with Crippen molar-refractivity contribution in [2.24, 2.45) is 0 Å². The van der Waals surface area contributed by atoms with Gasteiger partial charge in [-0.3, -0.25) is 10.1 Å². The monoisotopic (exact) mass is 287 g/mol. The Morgan fingerprint density at radius 2 is 1.79 bits per heavy atom. The van der Waals surface area contributed by atoms with E-state index in [0.717, 1.165) is 0 Å². The topological polar surface area (TPSA) is 83.3 Å². The van der Waals surface area contributed by atoms with Crippen LogP contribution in [0.15, 0.2) is 30.3 Å². The number of nitrogens with zero attached hydrogens (tertiary/aromatic N) is 1. The molecule has 0 saturated heterocycles. The van der Waals surface area contributed by atoms with E-state index in [2.05, 4.69) is 0 Å². The van der Waals surface area contributed by atoms with Crippen LogP contribution >= 0.6 is 0 Å². The number of benzene rings is 1. The van der Waals surface area contributed by atoms with Crippen LogP contribution in [0.2, 0.25) is 0 Å². The third kappa shape index (κ3) is 2.95. The van der Waals surface area contributed by atoms with Gasteiger partial charge in [0.25, 0.3) is 6.04 Å². The van der Waals surface area contributed by atoms with Crippen LogP contribution in [-0.2, 0) is 27.2 Å². The van der Waals surface area contributed by atoms with Gasteiger partial charge in [0.15, 0.2) is 0 Å². The molecule has 0 aliphatic rings. The molecule has 0 spiro atoms. The van der Waals surface area contributed by atoms with Gasteiger partial charge in [0.2, 0.25) is 0 Å². The molecule has 0 bridgehead atoms. The van der Waals surface area contributed by atoms with Crippen molar-refractivity contribution in [1.82, 2.24) is 0 Å². The third-order valence-electron chi connectivity index (χ3n) is 1.55. The first-order valence-corrected chi connectivity index (χ1v) is 3.52. The molecule has 0 N–H and O–H groups in total. The predicted octanol–water partition coefficient (Wildman–Crippen LogP) is -0.248. The molecule has 6 heteroatoms. The molecule has 0 fully saturated rings. The smallest absolute Gasteiger partial charge is 0.543 e. The summed E-state index contributed by atoms with van der Waals surface area (Å²) < 4.78 is 0. The van der Waals surface area contributed by atoms with Gasteiger partial charge in [-0.1, -0.05) is 30.3 Å². The minimum atomic E-state index is -1.78. The average Bonchev–Trinajstić information content (AvgIpc) is 2.04. The summed E-state index contributed by atoms with van der Waals surface area (Å²) in [6.45, 7) is 0. The van der Waals surface area contributed by atoms with Gasteiger partial charge in [0.05, 0.1) is 0 Å². The number of carbonyl (C=O) groups is 1. The van der Waals surface area contributed by atoms with Gasteiger partial charge in [-0.15, -0.1) is 0 Å². The standard InChI is InChI=1S/C8H7NO4.Ag/c10-8(11)7(9(12)13)6-4-2-1-3-5-6;/h1-5,7H,(H,10,11);/q;+1/p-1. The second-order valence-electron chi connectivity index (χ2n) is 2.42. The van der Waals surface area contributed by atoms with E-state index in [4.69, 9.17) is 0 Å². The van der Waals surface area contributed by atoms with Gasteiger partial charge < -0.3 is 9.90 Å². The van der Waals surface area contributed by atoms with Crippen LogP contribution in [0, 0.1) is 10.1 Å². The van der Waals surface area contributed by atoms with Crippen molar-refractivity contribution in [2.45, 2.75) is 6.04 Å². The molecule has 0 amide bonds. The number of carboxylic acid groups (broad SMARTS) is 1. The second kappa shape index (κ2) is 5.54. The summed E-state index contributed by atoms with van der Waals surface area (Å²) in [5, 5.41) is 20.7. The SMILES string of the molecule is O=C([O-])C(c1ccccc1)[N+](=O)[O-].[Ag+]. The summed E-state index contributed by atoms with van der Waals surface area (Å²) >= 11 is 0. The molecule has 1 aromatic carbocycles. The van der Waals surface area contributed by atoms with E-state index in [1.807, 2.05) is 0 Å². The maximum Gasteiger partial charge on any atom is 1.00 e. The van der Waals surface area contributed by atoms with Crippen molar-refractivity contribution in [1.29, 1.82) is 0 Å². The van der Waals surface area contributed by atoms with Gasteiger partial charge in [-0.05, 0) is 0 Å². The summed E-state index contributed by atoms with van der Waals surface area (Å²) in [7, 11) is 0. The molecule has 0 aliphatic heterocycles. The first-order valence-electron chi connectivity index (χ1n) is 3.52. The predicted molar refractivity (Wildman–Crippen MR) is 41.2 cm³/mol. The summed E-state index contributed by atoms with van der Waals surface area (Å²) in [6, 6.07) is 5.70. The molecular formula is C8H6AgNO4. The Morgan fingerprint density at radius 3 is 2.14 bits per heavy atom. The Hall–Kier alpha value is -1.17. The molecule has 14 heavy (non-hydrogen) atoms. The number of carbonyl (C=O) groups excluding carboxylic acids is 1. The van der Waals surface area contributed by atoms with E-state index in [9.17, 15) is 20.0 Å². The largest absolute Gasteiger partial charge is 1.00 e. The zero-order valence-electron chi connectivity index (χ0n) is 6.85. The van der Waals surface area contributed by atoms with Crippen LogP contribution in [0.3, 0.4) is 0 Å². The zero-order valence-corrected chi connectivity index (χ0v) is 8.33. The fourth-order valence-electron chi connectivity index (χ4n) is 0.979. The number of carboxylic acids is 1. The molecular weight excluding hydrogens is 282 g/mol. The van der Waals surface area contributed by atoms with Crippen molar-refractivity contribution in [2.75, 3.05) is 0 Å². The van der Waals surface area contributed by atoms with E-state index in [-0.39, 0.29) is 27.9 Å². The van der Waals surface area contributed by atoms with Gasteiger partial charge >= 0.3 is 22.4 Å². The maximum atomic E-state index is 10.4. The molecule has 0 saturated carbocycles. The molecule has 1 atom stereocenters. The van der Waals surface area contributed by atoms with Crippen molar-refractivity contribution >= 4 is 5.97 Å². The van der Waals surface area contributed by atoms with Crippen LogP contribution in [0.1, 0.15) is 11.6 Å². The van der Waals surface area contributed by atoms with Crippen LogP contribution in [0.25, 0.3) is 0 Å². The van der Waals surface area contributed by atoms with Crippen LogP contribution < -0.4 is 5.11 Å². The van der Waals surface area contributed by atoms with Crippen LogP contribution in [0.5, 0.6) is 0 Å². The normalized spacial score (nSPS) is 11.1. The van der Waals surface area contributed by atoms with E-state index < -0.39 is 16.9 Å². The molecule has 1 aromatic rings. The van der Waals surface area contributed by atoms with Gasteiger partial charge in [0.1, 0.15) is 5.97 Å². The van der Waals surface area contributed by atoms with E-state index in [1.165, 1.54) is 24.3 Å². The molecule has 1 unspecified atom stereocenters. The third-order valence-corrected chi connectivity index (χ3v) is 1.55. The van der Waals surface area contributed by atoms with Crippen molar-refractivity contribution < 1.29 is 37.2 Å². The van der Waals surface area contributed by atoms with Crippen LogP contribution in [0.4, 0.5) is 0 Å². The fourth-order valence-corrected chi connectivity index (χ4v) is 0.979. The Morgan fingerprint density at radius 1 is 1.29 bits per heavy atom. The van der Waals surface area contributed by atoms with E-state index in [0.29, 0.717) is 0 Å². The van der Waals surface area contributed by atoms with Crippen LogP contribution in [-0.4, -0.2) is 10.9 Å². The Bertz CT molecular complexity index is 313. The zero-order chi connectivity index (χ0) is 9.84. The minimum absolute atomic E-state index is 0. The second-order valence-corrected chi connectivity index (χ2v) is 2.42. The number of hydrogen-bond acceptors (Lipinski definition) is 4. The maximum absolute atomic E-state index is 10.4. The minimum Gasteiger partial charge on any atom is -0.543 e. The van der Waals surface area contributed by atoms with Crippen molar-refractivity contribution in [3.63, 3.8) is 0 Å². The summed E-state index contributed by atoms with van der Waals surface area (Å²) in [5.74, 6) is -1.70. The fraction of sp³-hybridized carbons (Fsp3) is 0.125. The van der Waals surface area contributed by atoms with Gasteiger partial charge in [0, 0.05) is 10.5 Å². The number of aliphatic carboxylic acids is 1. The summed E-state index contributed by atoms with van der Waals surface area (Å²) in [5.41, 5.74) is 0.118. The number of nitro groups is 1. The quantitative estimate of drug-likeness (QED) is 0.436. The average molecular weight is 288 g/mol. The van der Waals surface area contributed by atoms with E-state index >= 15 is 0 Å². The van der Waals surface area contributed by atoms with Crippen molar-refractivity contribution in [3.8, 4) is 0 Å². The number of hydrogen-bond donors (Lipinski definition) is 0. The van der Waals surface area contributed by atoms with Crippen molar-refractivity contribution in [3.05, 3.63) is 46.0 Å². The molecule has 0 aromatic heterocycles. The molecule has 78 valence electrons. The Kier molecular flexibility index (Phi) is 5.07. The Balaban J connectivity index is 0.00000169. The number of rotatable bonds is 3. The molecule has 0 heterocycles. The molecule has 5 nitrogen and oxygen atoms in total. The summed E-state index contributed by atoms with van der Waals surface area (Å²) in [4.78, 5) is 19.8. The van der Waals surface area contributed by atoms with Gasteiger partial charge in [-0.2, -0.15) is 0 Å². The van der Waals surface area contributed by atoms with Gasteiger partial charge in [-0.25, -0.2) is 0 Å². The first kappa shape index (κ1) is 12.8. The Labute approximate surface area is 95.4 Å².